The van der Waals surface area contributed by atoms with Crippen molar-refractivity contribution in [1.29, 1.82) is 5.26 Å². The number of likely N-dealkylation sites (tertiary alicyclic amines) is 1. The van der Waals surface area contributed by atoms with Crippen molar-refractivity contribution in [3.8, 4) is 6.07 Å². The minimum Gasteiger partial charge on any atom is -0.475 e. The minimum absolute atomic E-state index is 0.0386. The Labute approximate surface area is 260 Å². The van der Waals surface area contributed by atoms with E-state index in [1.54, 1.807) is 11.0 Å². The van der Waals surface area contributed by atoms with Crippen molar-refractivity contribution in [2.45, 2.75) is 24.9 Å². The fraction of sp³-hybridized carbons (Fsp3) is 0.364. The highest BCUT2D eigenvalue weighted by atomic mass is 35.5. The third kappa shape index (κ3) is 5.46. The number of piperazine rings is 1. The normalized spacial score (nSPS) is 24.3. The first-order chi connectivity index (χ1) is 20.8. The van der Waals surface area contributed by atoms with Crippen LogP contribution in [0.2, 0.25) is 5.02 Å². The quantitative estimate of drug-likeness (QED) is 0.398. The predicted octanol–water partition coefficient (Wildman–Crippen LogP) is 5.77. The van der Waals surface area contributed by atoms with Gasteiger partial charge in [0.15, 0.2) is 0 Å². The van der Waals surface area contributed by atoms with Gasteiger partial charge in [0.2, 0.25) is 11.8 Å². The van der Waals surface area contributed by atoms with Gasteiger partial charge in [-0.15, -0.1) is 0 Å². The first-order valence-corrected chi connectivity index (χ1v) is 15.2. The maximum Gasteiger partial charge on any atom is 0.246 e. The second-order valence-electron chi connectivity index (χ2n) is 11.3. The van der Waals surface area contributed by atoms with Gasteiger partial charge in [-0.25, -0.2) is 9.38 Å². The number of halogens is 3. The number of hydrogen-bond acceptors (Lipinski definition) is 6. The van der Waals surface area contributed by atoms with Crippen molar-refractivity contribution in [1.82, 2.24) is 14.7 Å². The minimum atomic E-state index is -0.503. The van der Waals surface area contributed by atoms with E-state index in [1.165, 1.54) is 12.1 Å². The number of hydrogen-bond donors (Lipinski definition) is 0. The van der Waals surface area contributed by atoms with E-state index in [2.05, 4.69) is 29.5 Å². The number of rotatable bonds is 5. The van der Waals surface area contributed by atoms with Gasteiger partial charge in [-0.3, -0.25) is 4.79 Å². The average molecular weight is 621 g/mol. The number of carbonyl (C=O) groups excluding carboxylic acids is 1. The molecule has 3 heterocycles. The van der Waals surface area contributed by atoms with Crippen molar-refractivity contribution >= 4 is 51.4 Å². The summed E-state index contributed by atoms with van der Waals surface area (Å²) in [6, 6.07) is 10.9. The molecule has 10 heteroatoms. The van der Waals surface area contributed by atoms with Crippen LogP contribution in [-0.4, -0.2) is 85.0 Å². The van der Waals surface area contributed by atoms with E-state index in [1.807, 2.05) is 30.4 Å². The molecular formula is C33H32Cl2FN5O2. The Balaban J connectivity index is 1.41. The molecule has 7 nitrogen and oxygen atoms in total. The highest BCUT2D eigenvalue weighted by Gasteiger charge is 2.40. The highest BCUT2D eigenvalue weighted by Crippen LogP contribution is 2.44. The maximum atomic E-state index is 14.6. The number of fused-ring (bicyclic) bond motifs is 2. The van der Waals surface area contributed by atoms with Crippen molar-refractivity contribution in [2.24, 2.45) is 10.9 Å². The molecule has 2 unspecified atom stereocenters. The molecule has 0 aromatic heterocycles. The molecule has 2 fully saturated rings. The van der Waals surface area contributed by atoms with Gasteiger partial charge in [-0.1, -0.05) is 60.1 Å². The molecule has 222 valence electrons. The fourth-order valence-corrected chi connectivity index (χ4v) is 7.11. The summed E-state index contributed by atoms with van der Waals surface area (Å²) in [7, 11) is 2.08. The van der Waals surface area contributed by atoms with Crippen LogP contribution in [0.5, 0.6) is 0 Å². The van der Waals surface area contributed by atoms with E-state index >= 15 is 0 Å². The van der Waals surface area contributed by atoms with Gasteiger partial charge < -0.3 is 19.4 Å². The summed E-state index contributed by atoms with van der Waals surface area (Å²) in [5.74, 6) is -0.624. The lowest BCUT2D eigenvalue weighted by atomic mass is 9.82. The predicted molar refractivity (Wildman–Crippen MR) is 168 cm³/mol. The molecular weight excluding hydrogens is 588 g/mol. The molecule has 0 radical (unpaired) electrons. The Bertz CT molecular complexity index is 1650. The molecule has 0 N–H and O–H groups in total. The van der Waals surface area contributed by atoms with E-state index in [0.717, 1.165) is 30.5 Å². The lowest BCUT2D eigenvalue weighted by Gasteiger charge is -2.42. The van der Waals surface area contributed by atoms with Crippen LogP contribution in [0.25, 0.3) is 16.3 Å². The summed E-state index contributed by atoms with van der Waals surface area (Å²) in [6.45, 7) is 7.14. The zero-order valence-electron chi connectivity index (χ0n) is 23.9. The number of dihydropyridines is 1. The van der Waals surface area contributed by atoms with Crippen molar-refractivity contribution in [3.05, 3.63) is 87.8 Å². The number of likely N-dealkylation sites (N-methyl/N-ethyl adjacent to an activating group) is 1. The van der Waals surface area contributed by atoms with Gasteiger partial charge >= 0.3 is 0 Å². The molecule has 2 aromatic rings. The number of allylic oxidation sites excluding steroid dienone is 2. The third-order valence-electron chi connectivity index (χ3n) is 8.87. The molecule has 1 amide bonds. The van der Waals surface area contributed by atoms with Crippen LogP contribution in [0, 0.1) is 23.1 Å². The summed E-state index contributed by atoms with van der Waals surface area (Å²) in [5, 5.41) is 12.3. The second kappa shape index (κ2) is 12.2. The van der Waals surface area contributed by atoms with Gasteiger partial charge in [0.25, 0.3) is 0 Å². The summed E-state index contributed by atoms with van der Waals surface area (Å²) >= 11 is 13.5. The third-order valence-corrected chi connectivity index (χ3v) is 9.57. The Hall–Kier alpha value is -3.64. The second-order valence-corrected chi connectivity index (χ2v) is 12.1. The molecule has 0 saturated carbocycles. The van der Waals surface area contributed by atoms with Gasteiger partial charge in [0, 0.05) is 54.3 Å². The Morgan fingerprint density at radius 3 is 2.67 bits per heavy atom. The molecule has 43 heavy (non-hydrogen) atoms. The van der Waals surface area contributed by atoms with Gasteiger partial charge in [-0.2, -0.15) is 5.26 Å². The highest BCUT2D eigenvalue weighted by molar-refractivity contribution is 6.40. The molecule has 4 aliphatic rings. The van der Waals surface area contributed by atoms with Gasteiger partial charge in [-0.05, 0) is 61.2 Å². The summed E-state index contributed by atoms with van der Waals surface area (Å²) < 4.78 is 20.9. The molecule has 2 saturated heterocycles. The number of amides is 1. The van der Waals surface area contributed by atoms with Crippen LogP contribution in [0.4, 0.5) is 4.39 Å². The summed E-state index contributed by atoms with van der Waals surface area (Å²) in [6.07, 6.45) is 7.35. The van der Waals surface area contributed by atoms with E-state index in [4.69, 9.17) is 32.9 Å². The Morgan fingerprint density at radius 2 is 1.98 bits per heavy atom. The standard InChI is InChI=1S/C33H32Cl2FN5O2/c1-3-29(42)40-12-14-41(15-13-40)32-24-16-26(34)23(22-8-4-6-20-9-10-27(36)31(35)30(20)22)17-28(24)38-33(25(32)18-37)43-19-21-7-5-11-39(21)2/h3-4,6,8-10,16-17,21,24,28H,1,5,7,11-15,19H2,2H3/t21-,24?,28?/m0/s1. The first-order valence-electron chi connectivity index (χ1n) is 14.5. The van der Waals surface area contributed by atoms with Crippen LogP contribution in [0.3, 0.4) is 0 Å². The van der Waals surface area contributed by atoms with E-state index in [9.17, 15) is 14.4 Å². The topological polar surface area (TPSA) is 72.2 Å². The van der Waals surface area contributed by atoms with Crippen LogP contribution in [-0.2, 0) is 9.53 Å². The summed E-state index contributed by atoms with van der Waals surface area (Å²) in [4.78, 5) is 23.4. The maximum absolute atomic E-state index is 14.6. The number of nitrogens with zero attached hydrogens (tertiary/aromatic N) is 5. The number of aliphatic imine (C=N–C) groups is 1. The zero-order chi connectivity index (χ0) is 30.2. The molecule has 1 aliphatic carbocycles. The van der Waals surface area contributed by atoms with Crippen LogP contribution >= 0.6 is 23.2 Å². The first kappa shape index (κ1) is 29.4. The van der Waals surface area contributed by atoms with Crippen LogP contribution in [0.1, 0.15) is 18.4 Å². The molecule has 3 aliphatic heterocycles. The lowest BCUT2D eigenvalue weighted by molar-refractivity contribution is -0.127. The molecule has 0 spiro atoms. The number of carbonyl (C=O) groups is 1. The largest absolute Gasteiger partial charge is 0.475 e. The number of ether oxygens (including phenoxy) is 1. The van der Waals surface area contributed by atoms with Gasteiger partial charge in [0.05, 0.1) is 11.1 Å². The van der Waals surface area contributed by atoms with Crippen molar-refractivity contribution < 1.29 is 13.9 Å². The molecule has 6 rings (SSSR count). The van der Waals surface area contributed by atoms with E-state index in [-0.39, 0.29) is 22.9 Å². The van der Waals surface area contributed by atoms with E-state index < -0.39 is 11.9 Å². The average Bonchev–Trinajstić information content (AvgIpc) is 3.44. The zero-order valence-corrected chi connectivity index (χ0v) is 25.4. The SMILES string of the molecule is C=CC(=O)N1CCN(C2=C(C#N)C(OC[C@@H]3CCCN3C)=NC3C=C(c4cccc5ccc(F)c(Cl)c45)C(Cl)=CC23)CC1. The Morgan fingerprint density at radius 1 is 1.19 bits per heavy atom. The number of benzene rings is 2. The van der Waals surface area contributed by atoms with Gasteiger partial charge in [0.1, 0.15) is 24.1 Å². The van der Waals surface area contributed by atoms with E-state index in [0.29, 0.717) is 65.8 Å². The summed E-state index contributed by atoms with van der Waals surface area (Å²) in [5.41, 5.74) is 2.58. The molecule has 2 aromatic carbocycles. The van der Waals surface area contributed by atoms with Crippen LogP contribution in [0.15, 0.2) is 76.4 Å². The van der Waals surface area contributed by atoms with Crippen molar-refractivity contribution in [3.63, 3.8) is 0 Å². The number of nitriles is 1. The molecule has 3 atom stereocenters. The lowest BCUT2D eigenvalue weighted by Crippen LogP contribution is -2.50. The Kier molecular flexibility index (Phi) is 8.32. The monoisotopic (exact) mass is 619 g/mol. The molecule has 0 bridgehead atoms. The smallest absolute Gasteiger partial charge is 0.246 e. The van der Waals surface area contributed by atoms with Crippen molar-refractivity contribution in [2.75, 3.05) is 46.4 Å². The fourth-order valence-electron chi connectivity index (χ4n) is 6.53. The van der Waals surface area contributed by atoms with Crippen LogP contribution < -0.4 is 0 Å².